The molecule has 0 spiro atoms. The van der Waals surface area contributed by atoms with E-state index in [0.717, 1.165) is 49.8 Å². The molecule has 0 aliphatic carbocycles. The van der Waals surface area contributed by atoms with Crippen LogP contribution < -0.4 is 20.1 Å². The van der Waals surface area contributed by atoms with Crippen molar-refractivity contribution in [1.29, 1.82) is 0 Å². The number of thiocarbonyl (C=S) groups is 1. The maximum Gasteiger partial charge on any atom is 0.231 e. The average Bonchev–Trinajstić information content (AvgIpc) is 3.39. The van der Waals surface area contributed by atoms with E-state index in [0.29, 0.717) is 24.5 Å². The standard InChI is InChI=1S/C20H26N4O2S2/c1-23-6-8-24(9-7-23)16(19-3-2-10-28-19)13-22-20(27)21-12-15-4-5-17-18(11-15)26-14-25-17/h2-5,10-11,16H,6-9,12-14H2,1H3,(H2,21,22,27)/t16-/m1/s1. The van der Waals surface area contributed by atoms with E-state index in [1.54, 1.807) is 0 Å². The van der Waals surface area contributed by atoms with Gasteiger partial charge < -0.3 is 25.0 Å². The Labute approximate surface area is 175 Å². The van der Waals surface area contributed by atoms with Crippen LogP contribution in [0.1, 0.15) is 16.5 Å². The first kappa shape index (κ1) is 19.4. The molecule has 150 valence electrons. The highest BCUT2D eigenvalue weighted by Gasteiger charge is 2.24. The molecule has 2 aromatic rings. The third-order valence-corrected chi connectivity index (χ3v) is 6.46. The fourth-order valence-electron chi connectivity index (χ4n) is 3.51. The Balaban J connectivity index is 1.30. The highest BCUT2D eigenvalue weighted by Crippen LogP contribution is 2.32. The van der Waals surface area contributed by atoms with Gasteiger partial charge in [0.05, 0.1) is 6.04 Å². The summed E-state index contributed by atoms with van der Waals surface area (Å²) in [4.78, 5) is 6.32. The Hall–Kier alpha value is -1.87. The zero-order chi connectivity index (χ0) is 19.3. The maximum absolute atomic E-state index is 5.52. The van der Waals surface area contributed by atoms with E-state index in [9.17, 15) is 0 Å². The summed E-state index contributed by atoms with van der Waals surface area (Å²) in [5.41, 5.74) is 1.11. The molecule has 1 aromatic carbocycles. The van der Waals surface area contributed by atoms with E-state index in [-0.39, 0.29) is 0 Å². The lowest BCUT2D eigenvalue weighted by Crippen LogP contribution is -2.49. The van der Waals surface area contributed by atoms with Crippen LogP contribution in [0.15, 0.2) is 35.7 Å². The van der Waals surface area contributed by atoms with Crippen LogP contribution in [0.5, 0.6) is 11.5 Å². The highest BCUT2D eigenvalue weighted by molar-refractivity contribution is 7.80. The number of ether oxygens (including phenoxy) is 2. The van der Waals surface area contributed by atoms with E-state index in [1.165, 1.54) is 4.88 Å². The van der Waals surface area contributed by atoms with Crippen LogP contribution in [0.4, 0.5) is 0 Å². The molecule has 8 heteroatoms. The molecule has 0 radical (unpaired) electrons. The molecule has 0 unspecified atom stereocenters. The summed E-state index contributed by atoms with van der Waals surface area (Å²) in [6.45, 7) is 6.13. The smallest absolute Gasteiger partial charge is 0.231 e. The summed E-state index contributed by atoms with van der Waals surface area (Å²) >= 11 is 7.33. The molecule has 0 bridgehead atoms. The van der Waals surface area contributed by atoms with Crippen LogP contribution >= 0.6 is 23.6 Å². The van der Waals surface area contributed by atoms with E-state index in [2.05, 4.69) is 45.0 Å². The third kappa shape index (κ3) is 4.75. The lowest BCUT2D eigenvalue weighted by Gasteiger charge is -2.37. The fraction of sp³-hybridized carbons (Fsp3) is 0.450. The van der Waals surface area contributed by atoms with Gasteiger partial charge in [-0.1, -0.05) is 12.1 Å². The second kappa shape index (κ2) is 9.09. The van der Waals surface area contributed by atoms with Crippen molar-refractivity contribution in [2.45, 2.75) is 12.6 Å². The minimum atomic E-state index is 0.294. The highest BCUT2D eigenvalue weighted by atomic mass is 32.1. The molecule has 3 heterocycles. The number of piperazine rings is 1. The molecular formula is C20H26N4O2S2. The molecule has 4 rings (SSSR count). The van der Waals surface area contributed by atoms with Gasteiger partial charge in [-0.05, 0) is 48.4 Å². The SMILES string of the molecule is CN1CCN([C@H](CNC(=S)NCc2ccc3c(c2)OCO3)c2cccs2)CC1. The zero-order valence-electron chi connectivity index (χ0n) is 16.0. The van der Waals surface area contributed by atoms with Crippen LogP contribution in [-0.4, -0.2) is 61.5 Å². The van der Waals surface area contributed by atoms with Gasteiger partial charge in [0, 0.05) is 44.1 Å². The minimum absolute atomic E-state index is 0.294. The predicted octanol–water partition coefficient (Wildman–Crippen LogP) is 2.43. The molecule has 2 aliphatic rings. The molecule has 2 aliphatic heterocycles. The summed E-state index contributed by atoms with van der Waals surface area (Å²) in [7, 11) is 2.19. The molecule has 2 N–H and O–H groups in total. The van der Waals surface area contributed by atoms with Crippen molar-refractivity contribution in [3.8, 4) is 11.5 Å². The molecule has 0 amide bonds. The average molecular weight is 419 g/mol. The largest absolute Gasteiger partial charge is 0.454 e. The molecular weight excluding hydrogens is 392 g/mol. The first-order valence-electron chi connectivity index (χ1n) is 9.55. The molecule has 0 saturated carbocycles. The summed E-state index contributed by atoms with van der Waals surface area (Å²) in [6.07, 6.45) is 0. The Bertz CT molecular complexity index is 792. The fourth-order valence-corrected chi connectivity index (χ4v) is 4.53. The number of likely N-dealkylation sites (N-methyl/N-ethyl adjacent to an activating group) is 1. The van der Waals surface area contributed by atoms with Crippen molar-refractivity contribution >= 4 is 28.7 Å². The van der Waals surface area contributed by atoms with Gasteiger partial charge in [0.15, 0.2) is 16.6 Å². The van der Waals surface area contributed by atoms with Crippen LogP contribution in [0.25, 0.3) is 0 Å². The Kier molecular flexibility index (Phi) is 6.31. The molecule has 1 atom stereocenters. The number of hydrogen-bond donors (Lipinski definition) is 2. The maximum atomic E-state index is 5.52. The number of rotatable bonds is 6. The van der Waals surface area contributed by atoms with Gasteiger partial charge in [0.25, 0.3) is 0 Å². The Morgan fingerprint density at radius 2 is 1.96 bits per heavy atom. The van der Waals surface area contributed by atoms with Crippen molar-refractivity contribution in [1.82, 2.24) is 20.4 Å². The van der Waals surface area contributed by atoms with Crippen LogP contribution in [0.2, 0.25) is 0 Å². The number of fused-ring (bicyclic) bond motifs is 1. The van der Waals surface area contributed by atoms with Gasteiger partial charge in [-0.2, -0.15) is 0 Å². The number of thiophene rings is 1. The number of nitrogens with one attached hydrogen (secondary N) is 2. The minimum Gasteiger partial charge on any atom is -0.454 e. The molecule has 1 saturated heterocycles. The lowest BCUT2D eigenvalue weighted by molar-refractivity contribution is 0.114. The van der Waals surface area contributed by atoms with Crippen molar-refractivity contribution in [2.24, 2.45) is 0 Å². The Morgan fingerprint density at radius 1 is 1.14 bits per heavy atom. The van der Waals surface area contributed by atoms with Gasteiger partial charge in [0.2, 0.25) is 6.79 Å². The second-order valence-electron chi connectivity index (χ2n) is 7.12. The van der Waals surface area contributed by atoms with Crippen molar-refractivity contribution in [2.75, 3.05) is 46.6 Å². The van der Waals surface area contributed by atoms with E-state index < -0.39 is 0 Å². The van der Waals surface area contributed by atoms with Crippen LogP contribution in [-0.2, 0) is 6.54 Å². The lowest BCUT2D eigenvalue weighted by atomic mass is 10.1. The molecule has 1 fully saturated rings. The molecule has 1 aromatic heterocycles. The van der Waals surface area contributed by atoms with Crippen molar-refractivity contribution in [3.63, 3.8) is 0 Å². The number of benzene rings is 1. The normalized spacial score (nSPS) is 18.0. The van der Waals surface area contributed by atoms with E-state index in [4.69, 9.17) is 21.7 Å². The van der Waals surface area contributed by atoms with Gasteiger partial charge in [-0.3, -0.25) is 4.90 Å². The number of nitrogens with zero attached hydrogens (tertiary/aromatic N) is 2. The topological polar surface area (TPSA) is 49.0 Å². The van der Waals surface area contributed by atoms with Crippen LogP contribution in [0.3, 0.4) is 0 Å². The first-order chi connectivity index (χ1) is 13.7. The van der Waals surface area contributed by atoms with Crippen LogP contribution in [0, 0.1) is 0 Å². The summed E-state index contributed by atoms with van der Waals surface area (Å²) in [6, 6.07) is 10.7. The summed E-state index contributed by atoms with van der Waals surface area (Å²) in [5, 5.41) is 9.54. The van der Waals surface area contributed by atoms with Gasteiger partial charge in [0.1, 0.15) is 0 Å². The summed E-state index contributed by atoms with van der Waals surface area (Å²) < 4.78 is 10.8. The second-order valence-corrected chi connectivity index (χ2v) is 8.51. The van der Waals surface area contributed by atoms with Crippen molar-refractivity contribution < 1.29 is 9.47 Å². The predicted molar refractivity (Wildman–Crippen MR) is 116 cm³/mol. The quantitative estimate of drug-likeness (QED) is 0.699. The van der Waals surface area contributed by atoms with Gasteiger partial charge in [-0.25, -0.2) is 0 Å². The van der Waals surface area contributed by atoms with Gasteiger partial charge >= 0.3 is 0 Å². The number of hydrogen-bond acceptors (Lipinski definition) is 6. The van der Waals surface area contributed by atoms with E-state index >= 15 is 0 Å². The van der Waals surface area contributed by atoms with Gasteiger partial charge in [-0.15, -0.1) is 11.3 Å². The third-order valence-electron chi connectivity index (χ3n) is 5.20. The molecule has 6 nitrogen and oxygen atoms in total. The van der Waals surface area contributed by atoms with E-state index in [1.807, 2.05) is 29.5 Å². The zero-order valence-corrected chi connectivity index (χ0v) is 17.7. The summed E-state index contributed by atoms with van der Waals surface area (Å²) in [5.74, 6) is 1.60. The molecule has 28 heavy (non-hydrogen) atoms. The first-order valence-corrected chi connectivity index (χ1v) is 10.8. The van der Waals surface area contributed by atoms with Crippen molar-refractivity contribution in [3.05, 3.63) is 46.2 Å². The Morgan fingerprint density at radius 3 is 2.75 bits per heavy atom. The monoisotopic (exact) mass is 418 g/mol.